The molecule has 8 heteroatoms. The fourth-order valence-corrected chi connectivity index (χ4v) is 2.94. The molecular weight excluding hydrogens is 340 g/mol. The SMILES string of the molecule is COCCOc1cc(NC(=O)NC2CCC(C(=O)O)CC2)ccc1OC. The van der Waals surface area contributed by atoms with Crippen molar-refractivity contribution in [2.75, 3.05) is 32.8 Å². The molecule has 0 aromatic heterocycles. The number of carbonyl (C=O) groups is 2. The molecule has 1 aliphatic carbocycles. The predicted octanol–water partition coefficient (Wildman–Crippen LogP) is 2.49. The van der Waals surface area contributed by atoms with E-state index in [4.69, 9.17) is 19.3 Å². The number of carbonyl (C=O) groups excluding carboxylic acids is 1. The number of rotatable bonds is 8. The number of anilines is 1. The minimum absolute atomic E-state index is 0.0127. The standard InChI is InChI=1S/C18H26N2O6/c1-24-9-10-26-16-11-14(7-8-15(16)25-2)20-18(23)19-13-5-3-12(4-6-13)17(21)22/h7-8,11-13H,3-6,9-10H2,1-2H3,(H,21,22)(H2,19,20,23). The van der Waals surface area contributed by atoms with Crippen LogP contribution in [-0.2, 0) is 9.53 Å². The van der Waals surface area contributed by atoms with E-state index in [0.29, 0.717) is 56.1 Å². The van der Waals surface area contributed by atoms with Crippen LogP contribution in [0.1, 0.15) is 25.7 Å². The predicted molar refractivity (Wildman–Crippen MR) is 95.9 cm³/mol. The highest BCUT2D eigenvalue weighted by Gasteiger charge is 2.26. The molecule has 1 aromatic carbocycles. The number of ether oxygens (including phenoxy) is 3. The van der Waals surface area contributed by atoms with Gasteiger partial charge in [-0.15, -0.1) is 0 Å². The Hall–Kier alpha value is -2.48. The molecule has 144 valence electrons. The second kappa shape index (κ2) is 9.86. The summed E-state index contributed by atoms with van der Waals surface area (Å²) in [7, 11) is 3.14. The van der Waals surface area contributed by atoms with E-state index in [-0.39, 0.29) is 18.0 Å². The molecule has 0 unspecified atom stereocenters. The van der Waals surface area contributed by atoms with E-state index in [0.717, 1.165) is 0 Å². The summed E-state index contributed by atoms with van der Waals surface area (Å²) in [5, 5.41) is 14.7. The van der Waals surface area contributed by atoms with E-state index < -0.39 is 5.97 Å². The zero-order valence-electron chi connectivity index (χ0n) is 15.1. The van der Waals surface area contributed by atoms with Crippen molar-refractivity contribution in [1.82, 2.24) is 5.32 Å². The molecule has 1 aromatic rings. The fraction of sp³-hybridized carbons (Fsp3) is 0.556. The third-order valence-electron chi connectivity index (χ3n) is 4.38. The van der Waals surface area contributed by atoms with Crippen LogP contribution in [0.2, 0.25) is 0 Å². The lowest BCUT2D eigenvalue weighted by molar-refractivity contribution is -0.142. The van der Waals surface area contributed by atoms with Crippen molar-refractivity contribution in [3.05, 3.63) is 18.2 Å². The summed E-state index contributed by atoms with van der Waals surface area (Å²) in [5.41, 5.74) is 0.579. The normalized spacial score (nSPS) is 19.5. The lowest BCUT2D eigenvalue weighted by Gasteiger charge is -2.26. The lowest BCUT2D eigenvalue weighted by atomic mass is 9.86. The van der Waals surface area contributed by atoms with Gasteiger partial charge in [-0.3, -0.25) is 4.79 Å². The van der Waals surface area contributed by atoms with Gasteiger partial charge in [0, 0.05) is 24.9 Å². The smallest absolute Gasteiger partial charge is 0.319 e. The minimum Gasteiger partial charge on any atom is -0.493 e. The Balaban J connectivity index is 1.88. The van der Waals surface area contributed by atoms with Gasteiger partial charge in [-0.2, -0.15) is 0 Å². The van der Waals surface area contributed by atoms with Gasteiger partial charge in [0.1, 0.15) is 6.61 Å². The summed E-state index contributed by atoms with van der Waals surface area (Å²) in [4.78, 5) is 23.2. The average molecular weight is 366 g/mol. The molecule has 0 atom stereocenters. The summed E-state index contributed by atoms with van der Waals surface area (Å²) >= 11 is 0. The molecule has 1 fully saturated rings. The van der Waals surface area contributed by atoms with Crippen LogP contribution in [-0.4, -0.2) is 50.6 Å². The number of hydrogen-bond donors (Lipinski definition) is 3. The van der Waals surface area contributed by atoms with Crippen LogP contribution < -0.4 is 20.1 Å². The molecule has 3 N–H and O–H groups in total. The van der Waals surface area contributed by atoms with Crippen molar-refractivity contribution in [2.24, 2.45) is 5.92 Å². The Kier molecular flexibility index (Phi) is 7.53. The first-order valence-corrected chi connectivity index (χ1v) is 8.63. The van der Waals surface area contributed by atoms with Gasteiger partial charge >= 0.3 is 12.0 Å². The molecule has 0 aliphatic heterocycles. The fourth-order valence-electron chi connectivity index (χ4n) is 2.94. The maximum atomic E-state index is 12.2. The van der Waals surface area contributed by atoms with E-state index in [9.17, 15) is 9.59 Å². The van der Waals surface area contributed by atoms with Gasteiger partial charge in [0.05, 0.1) is 19.6 Å². The highest BCUT2D eigenvalue weighted by Crippen LogP contribution is 2.30. The third kappa shape index (κ3) is 5.80. The molecule has 2 rings (SSSR count). The van der Waals surface area contributed by atoms with Crippen LogP contribution in [0.25, 0.3) is 0 Å². The largest absolute Gasteiger partial charge is 0.493 e. The molecule has 2 amide bonds. The van der Waals surface area contributed by atoms with E-state index in [1.54, 1.807) is 32.4 Å². The number of hydrogen-bond acceptors (Lipinski definition) is 5. The minimum atomic E-state index is -0.757. The topological polar surface area (TPSA) is 106 Å². The summed E-state index contributed by atoms with van der Waals surface area (Å²) in [6, 6.07) is 4.80. The first kappa shape index (κ1) is 19.8. The molecule has 8 nitrogen and oxygen atoms in total. The lowest BCUT2D eigenvalue weighted by Crippen LogP contribution is -2.40. The second-order valence-electron chi connectivity index (χ2n) is 6.19. The highest BCUT2D eigenvalue weighted by molar-refractivity contribution is 5.89. The monoisotopic (exact) mass is 366 g/mol. The number of benzene rings is 1. The van der Waals surface area contributed by atoms with Crippen molar-refractivity contribution in [3.63, 3.8) is 0 Å². The quantitative estimate of drug-likeness (QED) is 0.610. The summed E-state index contributed by atoms with van der Waals surface area (Å²) in [6.45, 7) is 0.815. The van der Waals surface area contributed by atoms with Crippen molar-refractivity contribution >= 4 is 17.7 Å². The summed E-state index contributed by atoms with van der Waals surface area (Å²) < 4.78 is 15.8. The van der Waals surface area contributed by atoms with Gasteiger partial charge in [0.25, 0.3) is 0 Å². The van der Waals surface area contributed by atoms with Gasteiger partial charge in [-0.1, -0.05) is 0 Å². The Morgan fingerprint density at radius 2 is 1.85 bits per heavy atom. The number of amides is 2. The Bertz CT molecular complexity index is 614. The summed E-state index contributed by atoms with van der Waals surface area (Å²) in [5.74, 6) is 0.0278. The zero-order chi connectivity index (χ0) is 18.9. The van der Waals surface area contributed by atoms with Gasteiger partial charge in [0.2, 0.25) is 0 Å². The van der Waals surface area contributed by atoms with Crippen LogP contribution in [0.3, 0.4) is 0 Å². The number of urea groups is 1. The molecule has 0 bridgehead atoms. The van der Waals surface area contributed by atoms with E-state index in [1.807, 2.05) is 0 Å². The van der Waals surface area contributed by atoms with E-state index in [2.05, 4.69) is 10.6 Å². The maximum absolute atomic E-state index is 12.2. The first-order valence-electron chi connectivity index (χ1n) is 8.63. The Labute approximate surface area is 152 Å². The maximum Gasteiger partial charge on any atom is 0.319 e. The van der Waals surface area contributed by atoms with Gasteiger partial charge in [0.15, 0.2) is 11.5 Å². The Morgan fingerprint density at radius 3 is 2.46 bits per heavy atom. The van der Waals surface area contributed by atoms with Crippen LogP contribution in [0.5, 0.6) is 11.5 Å². The molecule has 26 heavy (non-hydrogen) atoms. The number of carboxylic acids is 1. The molecule has 0 spiro atoms. The molecule has 0 saturated heterocycles. The van der Waals surface area contributed by atoms with Crippen molar-refractivity contribution in [3.8, 4) is 11.5 Å². The van der Waals surface area contributed by atoms with Crippen molar-refractivity contribution in [2.45, 2.75) is 31.7 Å². The van der Waals surface area contributed by atoms with Gasteiger partial charge in [-0.25, -0.2) is 4.79 Å². The summed E-state index contributed by atoms with van der Waals surface area (Å²) in [6.07, 6.45) is 2.50. The molecule has 0 radical (unpaired) electrons. The van der Waals surface area contributed by atoms with Crippen LogP contribution in [0, 0.1) is 5.92 Å². The van der Waals surface area contributed by atoms with Crippen LogP contribution in [0.4, 0.5) is 10.5 Å². The molecule has 1 saturated carbocycles. The highest BCUT2D eigenvalue weighted by atomic mass is 16.5. The zero-order valence-corrected chi connectivity index (χ0v) is 15.1. The third-order valence-corrected chi connectivity index (χ3v) is 4.38. The second-order valence-corrected chi connectivity index (χ2v) is 6.19. The van der Waals surface area contributed by atoms with Gasteiger partial charge < -0.3 is 30.0 Å². The number of aliphatic carboxylic acids is 1. The van der Waals surface area contributed by atoms with Crippen molar-refractivity contribution in [1.29, 1.82) is 0 Å². The number of carboxylic acid groups (broad SMARTS) is 1. The van der Waals surface area contributed by atoms with Crippen LogP contribution in [0.15, 0.2) is 18.2 Å². The molecule has 0 heterocycles. The molecule has 1 aliphatic rings. The van der Waals surface area contributed by atoms with E-state index in [1.165, 1.54) is 0 Å². The Morgan fingerprint density at radius 1 is 1.12 bits per heavy atom. The number of nitrogens with one attached hydrogen (secondary N) is 2. The van der Waals surface area contributed by atoms with Crippen LogP contribution >= 0.6 is 0 Å². The van der Waals surface area contributed by atoms with E-state index >= 15 is 0 Å². The molecular formula is C18H26N2O6. The van der Waals surface area contributed by atoms with Gasteiger partial charge in [-0.05, 0) is 37.8 Å². The number of methoxy groups -OCH3 is 2. The average Bonchev–Trinajstić information content (AvgIpc) is 2.62. The first-order chi connectivity index (χ1) is 12.5. The van der Waals surface area contributed by atoms with Crippen molar-refractivity contribution < 1.29 is 28.9 Å².